The molecule has 0 spiro atoms. The first-order chi connectivity index (χ1) is 13.7. The van der Waals surface area contributed by atoms with E-state index in [2.05, 4.69) is 4.98 Å². The van der Waals surface area contributed by atoms with Crippen molar-refractivity contribution in [2.45, 2.75) is 45.3 Å². The van der Waals surface area contributed by atoms with Crippen LogP contribution < -0.4 is 4.90 Å². The van der Waals surface area contributed by atoms with E-state index < -0.39 is 23.4 Å². The summed E-state index contributed by atoms with van der Waals surface area (Å²) in [6, 6.07) is 6.85. The molecule has 0 unspecified atom stereocenters. The Labute approximate surface area is 169 Å². The van der Waals surface area contributed by atoms with Gasteiger partial charge in [-0.25, -0.2) is 0 Å². The SMILES string of the molecule is CC(=O)[C@H]1[C@H]2C(=O)N(C(C)(C)C)C(=O)[C@@H]2[C@H]2C=Cc3ccc4cccnc4c3N21. The molecule has 29 heavy (non-hydrogen) atoms. The minimum Gasteiger partial charge on any atom is -0.351 e. The summed E-state index contributed by atoms with van der Waals surface area (Å²) in [5.41, 5.74) is 1.97. The molecule has 0 bridgehead atoms. The maximum Gasteiger partial charge on any atom is 0.236 e. The predicted molar refractivity (Wildman–Crippen MR) is 110 cm³/mol. The molecule has 2 saturated heterocycles. The van der Waals surface area contributed by atoms with E-state index >= 15 is 0 Å². The fraction of sp³-hybridized carbons (Fsp3) is 0.391. The first-order valence-electron chi connectivity index (χ1n) is 9.94. The second-order valence-corrected chi connectivity index (χ2v) is 9.13. The third-order valence-electron chi connectivity index (χ3n) is 6.32. The van der Waals surface area contributed by atoms with Gasteiger partial charge in [0.05, 0.1) is 29.1 Å². The Bertz CT molecular complexity index is 1110. The lowest BCUT2D eigenvalue weighted by molar-refractivity contribution is -0.146. The normalized spacial score (nSPS) is 28.0. The molecule has 3 aliphatic rings. The van der Waals surface area contributed by atoms with Crippen LogP contribution in [0.15, 0.2) is 36.5 Å². The number of aromatic nitrogens is 1. The molecule has 5 rings (SSSR count). The molecule has 0 saturated carbocycles. The Morgan fingerprint density at radius 2 is 1.79 bits per heavy atom. The van der Waals surface area contributed by atoms with Gasteiger partial charge in [-0.2, -0.15) is 0 Å². The number of fused-ring (bicyclic) bond motifs is 7. The van der Waals surface area contributed by atoms with Crippen molar-refractivity contribution in [2.24, 2.45) is 11.8 Å². The van der Waals surface area contributed by atoms with Gasteiger partial charge in [0.2, 0.25) is 11.8 Å². The molecular weight excluding hydrogens is 366 g/mol. The van der Waals surface area contributed by atoms with Gasteiger partial charge in [-0.05, 0) is 39.3 Å². The summed E-state index contributed by atoms with van der Waals surface area (Å²) in [5, 5.41) is 0.966. The van der Waals surface area contributed by atoms with Crippen molar-refractivity contribution in [2.75, 3.05) is 4.90 Å². The lowest BCUT2D eigenvalue weighted by Gasteiger charge is -2.38. The Morgan fingerprint density at radius 1 is 1.07 bits per heavy atom. The number of benzene rings is 1. The Morgan fingerprint density at radius 3 is 2.48 bits per heavy atom. The summed E-state index contributed by atoms with van der Waals surface area (Å²) < 4.78 is 0. The highest BCUT2D eigenvalue weighted by atomic mass is 16.2. The number of hydrogen-bond acceptors (Lipinski definition) is 5. The largest absolute Gasteiger partial charge is 0.351 e. The number of nitrogens with zero attached hydrogens (tertiary/aromatic N) is 3. The van der Waals surface area contributed by atoms with Crippen LogP contribution in [0.1, 0.15) is 33.3 Å². The van der Waals surface area contributed by atoms with Crippen LogP contribution in [-0.2, 0) is 14.4 Å². The van der Waals surface area contributed by atoms with Gasteiger partial charge in [0, 0.05) is 17.1 Å². The highest BCUT2D eigenvalue weighted by molar-refractivity contribution is 6.12. The molecule has 148 valence electrons. The van der Waals surface area contributed by atoms with Gasteiger partial charge < -0.3 is 4.90 Å². The van der Waals surface area contributed by atoms with Crippen molar-refractivity contribution in [3.8, 4) is 0 Å². The van der Waals surface area contributed by atoms with Gasteiger partial charge in [-0.1, -0.05) is 30.4 Å². The number of imide groups is 1. The molecular formula is C23H23N3O3. The average molecular weight is 389 g/mol. The van der Waals surface area contributed by atoms with Gasteiger partial charge in [0.1, 0.15) is 6.04 Å². The number of amides is 2. The highest BCUT2D eigenvalue weighted by Gasteiger charge is 2.64. The zero-order valence-electron chi connectivity index (χ0n) is 16.9. The zero-order chi connectivity index (χ0) is 20.7. The number of pyridine rings is 1. The van der Waals surface area contributed by atoms with Crippen molar-refractivity contribution in [1.82, 2.24) is 9.88 Å². The van der Waals surface area contributed by atoms with Gasteiger partial charge in [-0.15, -0.1) is 0 Å². The summed E-state index contributed by atoms with van der Waals surface area (Å²) in [7, 11) is 0. The number of rotatable bonds is 1. The average Bonchev–Trinajstić information content (AvgIpc) is 3.14. The molecule has 0 aliphatic carbocycles. The van der Waals surface area contributed by atoms with Crippen LogP contribution in [-0.4, -0.2) is 45.1 Å². The number of ketones is 1. The van der Waals surface area contributed by atoms with Gasteiger partial charge in [-0.3, -0.25) is 24.3 Å². The van der Waals surface area contributed by atoms with E-state index in [1.165, 1.54) is 11.8 Å². The van der Waals surface area contributed by atoms with Gasteiger partial charge >= 0.3 is 0 Å². The van der Waals surface area contributed by atoms with Crippen LogP contribution >= 0.6 is 0 Å². The minimum absolute atomic E-state index is 0.103. The number of hydrogen-bond donors (Lipinski definition) is 0. The smallest absolute Gasteiger partial charge is 0.236 e. The number of likely N-dealkylation sites (tertiary alicyclic amines) is 1. The monoisotopic (exact) mass is 389 g/mol. The summed E-state index contributed by atoms with van der Waals surface area (Å²) in [4.78, 5) is 47.5. The Kier molecular flexibility index (Phi) is 3.58. The van der Waals surface area contributed by atoms with E-state index in [-0.39, 0.29) is 23.6 Å². The molecule has 3 aliphatic heterocycles. The topological polar surface area (TPSA) is 70.6 Å². The second kappa shape index (κ2) is 5.75. The molecule has 6 nitrogen and oxygen atoms in total. The maximum atomic E-state index is 13.4. The Hall–Kier alpha value is -3.02. The van der Waals surface area contributed by atoms with Crippen LogP contribution in [0.2, 0.25) is 0 Å². The number of carbonyl (C=O) groups is 3. The molecule has 2 aromatic rings. The Balaban J connectivity index is 1.73. The van der Waals surface area contributed by atoms with E-state index in [0.717, 1.165) is 22.2 Å². The summed E-state index contributed by atoms with van der Waals surface area (Å²) in [6.07, 6.45) is 5.68. The summed E-state index contributed by atoms with van der Waals surface area (Å²) in [6.45, 7) is 7.08. The molecule has 2 fully saturated rings. The van der Waals surface area contributed by atoms with Crippen LogP contribution in [0.3, 0.4) is 0 Å². The maximum absolute atomic E-state index is 13.4. The number of Topliss-reactive ketones (excluding diaryl/α,β-unsaturated/α-hetero) is 1. The third kappa shape index (κ3) is 2.29. The van der Waals surface area contributed by atoms with E-state index in [9.17, 15) is 14.4 Å². The lowest BCUT2D eigenvalue weighted by atomic mass is 9.88. The molecule has 2 amide bonds. The van der Waals surface area contributed by atoms with Crippen LogP contribution in [0.5, 0.6) is 0 Å². The molecule has 4 atom stereocenters. The quantitative estimate of drug-likeness (QED) is 0.702. The summed E-state index contributed by atoms with van der Waals surface area (Å²) in [5.74, 6) is -1.76. The fourth-order valence-electron chi connectivity index (χ4n) is 5.30. The van der Waals surface area contributed by atoms with Crippen molar-refractivity contribution in [3.63, 3.8) is 0 Å². The van der Waals surface area contributed by atoms with E-state index in [1.54, 1.807) is 6.20 Å². The molecule has 1 aromatic carbocycles. The number of anilines is 1. The standard InChI is InChI=1S/C23H23N3O3/c1-12(27)19-17-16(21(28)26(22(17)29)23(2,3)4)15-10-9-14-8-7-13-6-5-11-24-18(13)20(14)25(15)19/h5-11,15-17,19H,1-4H3/t15-,16-,17+,19+/m1/s1. The predicted octanol–water partition coefficient (Wildman–Crippen LogP) is 2.81. The van der Waals surface area contributed by atoms with Crippen molar-refractivity contribution < 1.29 is 14.4 Å². The zero-order valence-corrected chi connectivity index (χ0v) is 16.9. The molecule has 1 aromatic heterocycles. The molecule has 0 N–H and O–H groups in total. The first kappa shape index (κ1) is 18.0. The van der Waals surface area contributed by atoms with Gasteiger partial charge in [0.15, 0.2) is 5.78 Å². The van der Waals surface area contributed by atoms with Crippen molar-refractivity contribution >= 4 is 40.3 Å². The molecule has 0 radical (unpaired) electrons. The van der Waals surface area contributed by atoms with Crippen molar-refractivity contribution in [3.05, 3.63) is 42.1 Å². The third-order valence-corrected chi connectivity index (χ3v) is 6.32. The summed E-state index contributed by atoms with van der Waals surface area (Å²) >= 11 is 0. The fourth-order valence-corrected chi connectivity index (χ4v) is 5.30. The van der Waals surface area contributed by atoms with E-state index in [4.69, 9.17) is 0 Å². The number of carbonyl (C=O) groups excluding carboxylic acids is 3. The van der Waals surface area contributed by atoms with Gasteiger partial charge in [0.25, 0.3) is 0 Å². The van der Waals surface area contributed by atoms with E-state index in [1.807, 2.05) is 62.1 Å². The van der Waals surface area contributed by atoms with E-state index in [0.29, 0.717) is 0 Å². The van der Waals surface area contributed by atoms with Crippen LogP contribution in [0.25, 0.3) is 17.0 Å². The first-order valence-corrected chi connectivity index (χ1v) is 9.94. The second-order valence-electron chi connectivity index (χ2n) is 9.13. The van der Waals surface area contributed by atoms with Crippen molar-refractivity contribution in [1.29, 1.82) is 0 Å². The lowest BCUT2D eigenvalue weighted by Crippen LogP contribution is -2.52. The van der Waals surface area contributed by atoms with Crippen LogP contribution in [0, 0.1) is 11.8 Å². The van der Waals surface area contributed by atoms with Crippen LogP contribution in [0.4, 0.5) is 5.69 Å². The highest BCUT2D eigenvalue weighted by Crippen LogP contribution is 2.50. The minimum atomic E-state index is -0.676. The molecule has 6 heteroatoms. The molecule has 4 heterocycles.